The topological polar surface area (TPSA) is 12.0 Å². The normalized spacial score (nSPS) is 12.3. The highest BCUT2D eigenvalue weighted by molar-refractivity contribution is 6.31. The Hall–Kier alpha value is -1.31. The van der Waals surface area contributed by atoms with Crippen LogP contribution in [0.5, 0.6) is 0 Å². The molecule has 0 amide bonds. The van der Waals surface area contributed by atoms with Crippen LogP contribution in [-0.4, -0.2) is 6.54 Å². The lowest BCUT2D eigenvalue weighted by Gasteiger charge is -2.19. The van der Waals surface area contributed by atoms with Gasteiger partial charge < -0.3 is 5.32 Å². The number of aryl methyl sites for hydroxylation is 2. The molecule has 0 bridgehead atoms. The second-order valence-electron chi connectivity index (χ2n) is 5.50. The monoisotopic (exact) mass is 301 g/mol. The summed E-state index contributed by atoms with van der Waals surface area (Å²) in [5, 5.41) is 4.43. The quantitative estimate of drug-likeness (QED) is 0.729. The van der Waals surface area contributed by atoms with Gasteiger partial charge in [0.25, 0.3) is 0 Å². The molecule has 21 heavy (non-hydrogen) atoms. The van der Waals surface area contributed by atoms with Crippen LogP contribution < -0.4 is 5.32 Å². The number of halogens is 1. The van der Waals surface area contributed by atoms with E-state index in [1.165, 1.54) is 17.5 Å². The van der Waals surface area contributed by atoms with Crippen molar-refractivity contribution in [3.05, 3.63) is 70.2 Å². The predicted molar refractivity (Wildman–Crippen MR) is 92.0 cm³/mol. The predicted octanol–water partition coefficient (Wildman–Crippen LogP) is 5.32. The van der Waals surface area contributed by atoms with Gasteiger partial charge in [0.05, 0.1) is 0 Å². The SMILES string of the molecule is CCNC(CCCc1ccccc1)c1ccc(C)c(Cl)c1. The standard InChI is InChI=1S/C19H24ClN/c1-3-21-19(17-13-12-15(2)18(20)14-17)11-7-10-16-8-5-4-6-9-16/h4-6,8-9,12-14,19,21H,3,7,10-11H2,1-2H3. The number of rotatable bonds is 7. The first kappa shape index (κ1) is 16.1. The fourth-order valence-electron chi connectivity index (χ4n) is 2.61. The van der Waals surface area contributed by atoms with E-state index in [1.807, 2.05) is 6.92 Å². The smallest absolute Gasteiger partial charge is 0.0438 e. The molecule has 112 valence electrons. The van der Waals surface area contributed by atoms with E-state index in [0.29, 0.717) is 6.04 Å². The second kappa shape index (κ2) is 8.21. The summed E-state index contributed by atoms with van der Waals surface area (Å²) in [6, 6.07) is 17.5. The van der Waals surface area contributed by atoms with E-state index in [-0.39, 0.29) is 0 Å². The Labute approximate surface area is 133 Å². The van der Waals surface area contributed by atoms with Crippen LogP contribution >= 0.6 is 11.6 Å². The highest BCUT2D eigenvalue weighted by Gasteiger charge is 2.11. The van der Waals surface area contributed by atoms with E-state index in [2.05, 4.69) is 60.8 Å². The molecule has 1 unspecified atom stereocenters. The maximum atomic E-state index is 6.26. The maximum Gasteiger partial charge on any atom is 0.0438 e. The highest BCUT2D eigenvalue weighted by Crippen LogP contribution is 2.24. The van der Waals surface area contributed by atoms with E-state index in [9.17, 15) is 0 Å². The third-order valence-electron chi connectivity index (χ3n) is 3.85. The molecule has 2 aromatic carbocycles. The summed E-state index contributed by atoms with van der Waals surface area (Å²) in [6.07, 6.45) is 3.43. The van der Waals surface area contributed by atoms with Gasteiger partial charge in [-0.1, -0.05) is 61.0 Å². The zero-order valence-electron chi connectivity index (χ0n) is 12.9. The van der Waals surface area contributed by atoms with Gasteiger partial charge in [0.15, 0.2) is 0 Å². The molecule has 0 saturated heterocycles. The molecule has 0 aliphatic carbocycles. The van der Waals surface area contributed by atoms with Gasteiger partial charge in [-0.3, -0.25) is 0 Å². The maximum absolute atomic E-state index is 6.26. The zero-order chi connectivity index (χ0) is 15.1. The van der Waals surface area contributed by atoms with Crippen LogP contribution in [0.1, 0.15) is 42.5 Å². The molecule has 0 radical (unpaired) electrons. The Morgan fingerprint density at radius 1 is 1.10 bits per heavy atom. The Morgan fingerprint density at radius 2 is 1.86 bits per heavy atom. The first-order valence-electron chi connectivity index (χ1n) is 7.74. The van der Waals surface area contributed by atoms with Crippen molar-refractivity contribution >= 4 is 11.6 Å². The first-order valence-corrected chi connectivity index (χ1v) is 8.12. The van der Waals surface area contributed by atoms with Crippen molar-refractivity contribution in [3.63, 3.8) is 0 Å². The van der Waals surface area contributed by atoms with Crippen molar-refractivity contribution in [2.24, 2.45) is 0 Å². The molecule has 1 N–H and O–H groups in total. The van der Waals surface area contributed by atoms with E-state index >= 15 is 0 Å². The Morgan fingerprint density at radius 3 is 2.52 bits per heavy atom. The summed E-state index contributed by atoms with van der Waals surface area (Å²) < 4.78 is 0. The van der Waals surface area contributed by atoms with E-state index < -0.39 is 0 Å². The summed E-state index contributed by atoms with van der Waals surface area (Å²) in [5.74, 6) is 0. The molecule has 2 heteroatoms. The van der Waals surface area contributed by atoms with Gasteiger partial charge in [-0.25, -0.2) is 0 Å². The van der Waals surface area contributed by atoms with Crippen LogP contribution in [0.3, 0.4) is 0 Å². The molecule has 2 rings (SSSR count). The fraction of sp³-hybridized carbons (Fsp3) is 0.368. The molecule has 0 aromatic heterocycles. The van der Waals surface area contributed by atoms with Gasteiger partial charge in [0.1, 0.15) is 0 Å². The summed E-state index contributed by atoms with van der Waals surface area (Å²) in [6.45, 7) is 5.17. The van der Waals surface area contributed by atoms with Crippen LogP contribution in [-0.2, 0) is 6.42 Å². The van der Waals surface area contributed by atoms with Gasteiger partial charge in [-0.15, -0.1) is 0 Å². The Kier molecular flexibility index (Phi) is 6.28. The minimum Gasteiger partial charge on any atom is -0.310 e. The van der Waals surface area contributed by atoms with Gasteiger partial charge in [-0.05, 0) is 55.5 Å². The first-order chi connectivity index (χ1) is 10.2. The Balaban J connectivity index is 1.97. The van der Waals surface area contributed by atoms with E-state index in [4.69, 9.17) is 11.6 Å². The lowest BCUT2D eigenvalue weighted by Crippen LogP contribution is -2.21. The van der Waals surface area contributed by atoms with Gasteiger partial charge >= 0.3 is 0 Å². The molecular formula is C19H24ClN. The molecule has 0 heterocycles. The zero-order valence-corrected chi connectivity index (χ0v) is 13.7. The van der Waals surface area contributed by atoms with Crippen molar-refractivity contribution in [3.8, 4) is 0 Å². The van der Waals surface area contributed by atoms with Crippen LogP contribution in [0.25, 0.3) is 0 Å². The van der Waals surface area contributed by atoms with Crippen molar-refractivity contribution in [1.82, 2.24) is 5.32 Å². The minimum atomic E-state index is 0.386. The summed E-state index contributed by atoms with van der Waals surface area (Å²) >= 11 is 6.26. The van der Waals surface area contributed by atoms with Crippen molar-refractivity contribution in [1.29, 1.82) is 0 Å². The third-order valence-corrected chi connectivity index (χ3v) is 4.26. The van der Waals surface area contributed by atoms with Crippen LogP contribution in [0.4, 0.5) is 0 Å². The molecule has 0 aliphatic heterocycles. The van der Waals surface area contributed by atoms with Gasteiger partial charge in [-0.2, -0.15) is 0 Å². The molecule has 0 saturated carbocycles. The Bertz CT molecular complexity index is 551. The second-order valence-corrected chi connectivity index (χ2v) is 5.90. The molecule has 0 fully saturated rings. The molecule has 1 nitrogen and oxygen atoms in total. The molecule has 1 atom stereocenters. The van der Waals surface area contributed by atoms with Crippen LogP contribution in [0, 0.1) is 6.92 Å². The lowest BCUT2D eigenvalue weighted by atomic mass is 9.98. The molecule has 0 aliphatic rings. The third kappa shape index (κ3) is 4.87. The molecule has 0 spiro atoms. The highest BCUT2D eigenvalue weighted by atomic mass is 35.5. The van der Waals surface area contributed by atoms with Crippen LogP contribution in [0.2, 0.25) is 5.02 Å². The summed E-state index contributed by atoms with van der Waals surface area (Å²) in [4.78, 5) is 0. The number of benzene rings is 2. The summed E-state index contributed by atoms with van der Waals surface area (Å²) in [5.41, 5.74) is 3.84. The van der Waals surface area contributed by atoms with E-state index in [1.54, 1.807) is 0 Å². The number of nitrogens with one attached hydrogen (secondary N) is 1. The fourth-order valence-corrected chi connectivity index (χ4v) is 2.80. The molecular weight excluding hydrogens is 278 g/mol. The number of hydrogen-bond donors (Lipinski definition) is 1. The minimum absolute atomic E-state index is 0.386. The number of hydrogen-bond acceptors (Lipinski definition) is 1. The van der Waals surface area contributed by atoms with E-state index in [0.717, 1.165) is 30.0 Å². The van der Waals surface area contributed by atoms with Crippen LogP contribution in [0.15, 0.2) is 48.5 Å². The summed E-state index contributed by atoms with van der Waals surface area (Å²) in [7, 11) is 0. The van der Waals surface area contributed by atoms with Crippen molar-refractivity contribution in [2.45, 2.75) is 39.2 Å². The van der Waals surface area contributed by atoms with Crippen molar-refractivity contribution in [2.75, 3.05) is 6.54 Å². The van der Waals surface area contributed by atoms with Gasteiger partial charge in [0, 0.05) is 11.1 Å². The average molecular weight is 302 g/mol. The lowest BCUT2D eigenvalue weighted by molar-refractivity contribution is 0.498. The molecule has 2 aromatic rings. The van der Waals surface area contributed by atoms with Gasteiger partial charge in [0.2, 0.25) is 0 Å². The largest absolute Gasteiger partial charge is 0.310 e. The average Bonchev–Trinajstić information content (AvgIpc) is 2.50. The van der Waals surface area contributed by atoms with Crippen molar-refractivity contribution < 1.29 is 0 Å².